The normalized spacial score (nSPS) is 15.5. The van der Waals surface area contributed by atoms with Crippen molar-refractivity contribution in [2.75, 3.05) is 19.0 Å². The fourth-order valence-electron chi connectivity index (χ4n) is 3.06. The number of anilines is 1. The van der Waals surface area contributed by atoms with Crippen LogP contribution in [0.2, 0.25) is 0 Å². The van der Waals surface area contributed by atoms with E-state index in [1.165, 1.54) is 12.0 Å². The van der Waals surface area contributed by atoms with E-state index < -0.39 is 0 Å². The summed E-state index contributed by atoms with van der Waals surface area (Å²) in [6.45, 7) is 0.848. The van der Waals surface area contributed by atoms with Crippen molar-refractivity contribution in [2.45, 2.75) is 24.7 Å². The third-order valence-electron chi connectivity index (χ3n) is 4.50. The minimum absolute atomic E-state index is 0.125. The number of ether oxygens (including phenoxy) is 1. The molecule has 4 nitrogen and oxygen atoms in total. The van der Waals surface area contributed by atoms with E-state index >= 15 is 0 Å². The Labute approximate surface area is 130 Å². The van der Waals surface area contributed by atoms with Gasteiger partial charge in [0.05, 0.1) is 19.0 Å². The molecule has 1 aliphatic rings. The van der Waals surface area contributed by atoms with Crippen LogP contribution in [0.3, 0.4) is 0 Å². The second-order valence-corrected chi connectivity index (χ2v) is 5.73. The van der Waals surface area contributed by atoms with E-state index in [2.05, 4.69) is 22.4 Å². The number of pyridine rings is 1. The Morgan fingerprint density at radius 2 is 2.09 bits per heavy atom. The lowest BCUT2D eigenvalue weighted by Gasteiger charge is -2.43. The van der Waals surface area contributed by atoms with Gasteiger partial charge >= 0.3 is 0 Å². The molecular formula is C18H19N3O. The molecule has 22 heavy (non-hydrogen) atoms. The summed E-state index contributed by atoms with van der Waals surface area (Å²) in [6.07, 6.45) is 5.27. The first kappa shape index (κ1) is 14.4. The molecule has 0 atom stereocenters. The number of hydrogen-bond acceptors (Lipinski definition) is 4. The Hall–Kier alpha value is -2.54. The fraction of sp³-hybridized carbons (Fsp3) is 0.333. The van der Waals surface area contributed by atoms with Crippen molar-refractivity contribution in [2.24, 2.45) is 0 Å². The van der Waals surface area contributed by atoms with Gasteiger partial charge in [0.2, 0.25) is 0 Å². The molecule has 0 radical (unpaired) electrons. The third-order valence-corrected chi connectivity index (χ3v) is 4.50. The molecule has 2 aromatic rings. The van der Waals surface area contributed by atoms with Crippen molar-refractivity contribution in [3.05, 3.63) is 53.9 Å². The maximum absolute atomic E-state index is 8.79. The van der Waals surface area contributed by atoms with E-state index in [1.807, 2.05) is 24.3 Å². The first-order valence-electron chi connectivity index (χ1n) is 7.51. The van der Waals surface area contributed by atoms with Crippen molar-refractivity contribution in [1.29, 1.82) is 5.26 Å². The van der Waals surface area contributed by atoms with Crippen LogP contribution in [0.5, 0.6) is 5.75 Å². The molecule has 4 heteroatoms. The van der Waals surface area contributed by atoms with Gasteiger partial charge in [0.1, 0.15) is 17.5 Å². The number of hydrogen-bond donors (Lipinski definition) is 1. The van der Waals surface area contributed by atoms with Crippen LogP contribution in [0.1, 0.15) is 30.5 Å². The van der Waals surface area contributed by atoms with Crippen LogP contribution < -0.4 is 10.1 Å². The number of nitrogens with one attached hydrogen (secondary N) is 1. The Morgan fingerprint density at radius 3 is 2.68 bits per heavy atom. The summed E-state index contributed by atoms with van der Waals surface area (Å²) in [4.78, 5) is 4.10. The van der Waals surface area contributed by atoms with Crippen molar-refractivity contribution >= 4 is 5.69 Å². The summed E-state index contributed by atoms with van der Waals surface area (Å²) >= 11 is 0. The fourth-order valence-corrected chi connectivity index (χ4v) is 3.06. The molecule has 1 heterocycles. The van der Waals surface area contributed by atoms with Crippen molar-refractivity contribution in [1.82, 2.24) is 4.98 Å². The van der Waals surface area contributed by atoms with Crippen LogP contribution in [0.25, 0.3) is 0 Å². The highest BCUT2D eigenvalue weighted by Gasteiger charge is 2.40. The van der Waals surface area contributed by atoms with Crippen molar-refractivity contribution < 1.29 is 4.74 Å². The quantitative estimate of drug-likeness (QED) is 0.916. The van der Waals surface area contributed by atoms with Gasteiger partial charge in [0.15, 0.2) is 0 Å². The SMILES string of the molecule is COc1ccccc1C1(CNc2ccc(C#N)nc2)CCC1. The number of methoxy groups -OCH3 is 1. The van der Waals surface area contributed by atoms with Gasteiger partial charge in [-0.05, 0) is 31.0 Å². The van der Waals surface area contributed by atoms with E-state index in [1.54, 1.807) is 19.4 Å². The highest BCUT2D eigenvalue weighted by atomic mass is 16.5. The lowest BCUT2D eigenvalue weighted by atomic mass is 9.64. The third kappa shape index (κ3) is 2.62. The van der Waals surface area contributed by atoms with Crippen LogP contribution in [0, 0.1) is 11.3 Å². The molecule has 1 N–H and O–H groups in total. The lowest BCUT2D eigenvalue weighted by Crippen LogP contribution is -2.41. The largest absolute Gasteiger partial charge is 0.496 e. The molecule has 0 bridgehead atoms. The molecule has 0 spiro atoms. The summed E-state index contributed by atoms with van der Waals surface area (Å²) < 4.78 is 5.53. The summed E-state index contributed by atoms with van der Waals surface area (Å²) in [5, 5.41) is 12.3. The highest BCUT2D eigenvalue weighted by molar-refractivity contribution is 5.47. The molecule has 3 rings (SSSR count). The summed E-state index contributed by atoms with van der Waals surface area (Å²) in [6, 6.07) is 13.9. The summed E-state index contributed by atoms with van der Waals surface area (Å²) in [7, 11) is 1.73. The monoisotopic (exact) mass is 293 g/mol. The topological polar surface area (TPSA) is 57.9 Å². The van der Waals surface area contributed by atoms with Crippen LogP contribution in [-0.2, 0) is 5.41 Å². The maximum Gasteiger partial charge on any atom is 0.140 e. The summed E-state index contributed by atoms with van der Waals surface area (Å²) in [5.74, 6) is 0.960. The molecule has 0 amide bonds. The summed E-state index contributed by atoms with van der Waals surface area (Å²) in [5.41, 5.74) is 2.78. The highest BCUT2D eigenvalue weighted by Crippen LogP contribution is 2.47. The van der Waals surface area contributed by atoms with Gasteiger partial charge in [-0.15, -0.1) is 0 Å². The molecule has 1 fully saturated rings. The van der Waals surface area contributed by atoms with E-state index in [0.717, 1.165) is 30.8 Å². The Balaban J connectivity index is 1.77. The van der Waals surface area contributed by atoms with Crippen LogP contribution in [0.4, 0.5) is 5.69 Å². The van der Waals surface area contributed by atoms with Crippen molar-refractivity contribution in [3.8, 4) is 11.8 Å². The average molecular weight is 293 g/mol. The zero-order chi connectivity index (χ0) is 15.4. The second-order valence-electron chi connectivity index (χ2n) is 5.73. The second kappa shape index (κ2) is 6.07. The van der Waals surface area contributed by atoms with Gasteiger partial charge in [-0.25, -0.2) is 4.98 Å². The standard InChI is InChI=1S/C18H19N3O/c1-22-17-6-3-2-5-16(17)18(9-4-10-18)13-21-15-8-7-14(11-19)20-12-15/h2-3,5-8,12,21H,4,9-10,13H2,1H3. The number of benzene rings is 1. The molecule has 1 saturated carbocycles. The zero-order valence-electron chi connectivity index (χ0n) is 12.7. The molecule has 112 valence electrons. The van der Waals surface area contributed by atoms with Crippen molar-refractivity contribution in [3.63, 3.8) is 0 Å². The van der Waals surface area contributed by atoms with E-state index in [-0.39, 0.29) is 5.41 Å². The van der Waals surface area contributed by atoms with E-state index in [0.29, 0.717) is 5.69 Å². The number of aromatic nitrogens is 1. The Kier molecular flexibility index (Phi) is 3.97. The smallest absolute Gasteiger partial charge is 0.140 e. The van der Waals surface area contributed by atoms with E-state index in [4.69, 9.17) is 10.00 Å². The zero-order valence-corrected chi connectivity index (χ0v) is 12.7. The minimum atomic E-state index is 0.125. The average Bonchev–Trinajstić information content (AvgIpc) is 2.55. The maximum atomic E-state index is 8.79. The van der Waals surface area contributed by atoms with Gasteiger partial charge in [0.25, 0.3) is 0 Å². The van der Waals surface area contributed by atoms with Crippen LogP contribution >= 0.6 is 0 Å². The Bertz CT molecular complexity index is 684. The van der Waals surface area contributed by atoms with E-state index in [9.17, 15) is 0 Å². The molecule has 0 saturated heterocycles. The Morgan fingerprint density at radius 1 is 1.27 bits per heavy atom. The van der Waals surface area contributed by atoms with Gasteiger partial charge in [-0.1, -0.05) is 24.6 Å². The molecular weight excluding hydrogens is 274 g/mol. The number of para-hydroxylation sites is 1. The number of nitriles is 1. The number of rotatable bonds is 5. The van der Waals surface area contributed by atoms with Crippen LogP contribution in [0.15, 0.2) is 42.6 Å². The first-order chi connectivity index (χ1) is 10.8. The molecule has 1 aliphatic carbocycles. The van der Waals surface area contributed by atoms with Crippen LogP contribution in [-0.4, -0.2) is 18.6 Å². The van der Waals surface area contributed by atoms with Gasteiger partial charge in [-0.2, -0.15) is 5.26 Å². The predicted octanol–water partition coefficient (Wildman–Crippen LogP) is 3.50. The molecule has 0 unspecified atom stereocenters. The first-order valence-corrected chi connectivity index (χ1v) is 7.51. The lowest BCUT2D eigenvalue weighted by molar-refractivity contribution is 0.250. The number of nitrogens with zero attached hydrogens (tertiary/aromatic N) is 2. The molecule has 0 aliphatic heterocycles. The minimum Gasteiger partial charge on any atom is -0.496 e. The molecule has 1 aromatic heterocycles. The van der Waals surface area contributed by atoms with Gasteiger partial charge in [-0.3, -0.25) is 0 Å². The molecule has 1 aromatic carbocycles. The predicted molar refractivity (Wildman–Crippen MR) is 86.0 cm³/mol. The van der Waals surface area contributed by atoms with Gasteiger partial charge < -0.3 is 10.1 Å². The van der Waals surface area contributed by atoms with Gasteiger partial charge in [0, 0.05) is 17.5 Å².